The van der Waals surface area contributed by atoms with Gasteiger partial charge < -0.3 is 9.73 Å². The lowest BCUT2D eigenvalue weighted by atomic mass is 10.3. The van der Waals surface area contributed by atoms with Crippen LogP contribution in [0.1, 0.15) is 24.0 Å². The molecule has 0 unspecified atom stereocenters. The molecule has 0 aliphatic carbocycles. The summed E-state index contributed by atoms with van der Waals surface area (Å²) in [6, 6.07) is 2.11. The van der Waals surface area contributed by atoms with Crippen molar-refractivity contribution in [1.29, 1.82) is 5.26 Å². The fraction of sp³-hybridized carbons (Fsp3) is 0.529. The summed E-state index contributed by atoms with van der Waals surface area (Å²) in [6.07, 6.45) is 7.01. The minimum atomic E-state index is 0.335. The largest absolute Gasteiger partial charge is 0.464 e. The molecule has 6 nitrogen and oxygen atoms in total. The highest BCUT2D eigenvalue weighted by Gasteiger charge is 2.09. The van der Waals surface area contributed by atoms with Gasteiger partial charge in [-0.2, -0.15) is 17.0 Å². The molecule has 24 heavy (non-hydrogen) atoms. The Balaban J connectivity index is 2.39. The number of hydrogen-bond donors (Lipinski definition) is 2. The molecule has 7 heteroatoms. The van der Waals surface area contributed by atoms with Crippen LogP contribution in [0.5, 0.6) is 0 Å². The van der Waals surface area contributed by atoms with E-state index in [1.165, 1.54) is 5.56 Å². The lowest BCUT2D eigenvalue weighted by Crippen LogP contribution is -2.34. The van der Waals surface area contributed by atoms with Gasteiger partial charge in [-0.15, -0.1) is 6.42 Å². The average Bonchev–Trinajstić information content (AvgIpc) is 2.91. The van der Waals surface area contributed by atoms with E-state index in [1.54, 1.807) is 11.8 Å². The van der Waals surface area contributed by atoms with Crippen LogP contribution in [-0.4, -0.2) is 43.3 Å². The maximum atomic E-state index is 8.65. The van der Waals surface area contributed by atoms with E-state index in [1.807, 2.05) is 6.19 Å². The molecule has 0 amide bonds. The topological polar surface area (TPSA) is 76.6 Å². The van der Waals surface area contributed by atoms with Crippen LogP contribution in [0.4, 0.5) is 0 Å². The second-order valence-corrected chi connectivity index (χ2v) is 6.33. The van der Waals surface area contributed by atoms with Gasteiger partial charge in [0, 0.05) is 5.75 Å². The summed E-state index contributed by atoms with van der Waals surface area (Å²) in [5.41, 5.74) is 1.19. The zero-order valence-electron chi connectivity index (χ0n) is 14.6. The van der Waals surface area contributed by atoms with E-state index in [4.69, 9.17) is 16.1 Å². The van der Waals surface area contributed by atoms with Crippen LogP contribution >= 0.6 is 11.8 Å². The van der Waals surface area contributed by atoms with E-state index < -0.39 is 0 Å². The molecule has 0 radical (unpaired) electrons. The molecule has 0 saturated heterocycles. The van der Waals surface area contributed by atoms with Gasteiger partial charge in [-0.3, -0.25) is 15.2 Å². The standard InChI is InChI=1S/C17H25N5OS/c1-5-7-19-17(21-13-18)20-8-9-24-12-16-14(3)10-15(23-16)11-22(4)6-2/h1,10H,6-9,11-12H2,2-4H3,(H2,19,20,21). The van der Waals surface area contributed by atoms with E-state index >= 15 is 0 Å². The predicted molar refractivity (Wildman–Crippen MR) is 99.5 cm³/mol. The maximum Gasteiger partial charge on any atom is 0.205 e. The number of furan rings is 1. The molecule has 0 aromatic carbocycles. The number of hydrogen-bond acceptors (Lipinski definition) is 5. The van der Waals surface area contributed by atoms with Gasteiger partial charge in [0.05, 0.1) is 25.4 Å². The molecule has 2 N–H and O–H groups in total. The van der Waals surface area contributed by atoms with Crippen molar-refractivity contribution in [2.75, 3.05) is 32.4 Å². The summed E-state index contributed by atoms with van der Waals surface area (Å²) in [6.45, 7) is 6.95. The van der Waals surface area contributed by atoms with Crippen LogP contribution in [-0.2, 0) is 12.3 Å². The first-order valence-electron chi connectivity index (χ1n) is 7.82. The molecule has 1 aromatic heterocycles. The van der Waals surface area contributed by atoms with Gasteiger partial charge in [0.15, 0.2) is 6.19 Å². The second-order valence-electron chi connectivity index (χ2n) is 5.23. The molecule has 0 bridgehead atoms. The molecular formula is C17H25N5OS. The molecule has 0 spiro atoms. The van der Waals surface area contributed by atoms with Gasteiger partial charge in [-0.25, -0.2) is 0 Å². The Morgan fingerprint density at radius 1 is 1.54 bits per heavy atom. The van der Waals surface area contributed by atoms with Gasteiger partial charge in [-0.1, -0.05) is 12.8 Å². The minimum Gasteiger partial charge on any atom is -0.464 e. The van der Waals surface area contributed by atoms with Gasteiger partial charge in [0.1, 0.15) is 11.5 Å². The van der Waals surface area contributed by atoms with Crippen molar-refractivity contribution in [3.8, 4) is 18.5 Å². The van der Waals surface area contributed by atoms with Gasteiger partial charge in [0.2, 0.25) is 5.96 Å². The number of guanidine groups is 1. The van der Waals surface area contributed by atoms with Crippen molar-refractivity contribution in [3.05, 3.63) is 23.2 Å². The number of thioether (sulfide) groups is 1. The number of rotatable bonds is 9. The smallest absolute Gasteiger partial charge is 0.205 e. The minimum absolute atomic E-state index is 0.335. The van der Waals surface area contributed by atoms with E-state index in [-0.39, 0.29) is 0 Å². The van der Waals surface area contributed by atoms with E-state index in [9.17, 15) is 0 Å². The summed E-state index contributed by atoms with van der Waals surface area (Å²) < 4.78 is 5.92. The number of nitriles is 1. The molecule has 0 saturated carbocycles. The van der Waals surface area contributed by atoms with Crippen molar-refractivity contribution < 1.29 is 4.42 Å². The number of aliphatic imine (C=N–C) groups is 1. The maximum absolute atomic E-state index is 8.65. The molecule has 0 fully saturated rings. The zero-order valence-corrected chi connectivity index (χ0v) is 15.4. The molecule has 1 aromatic rings. The molecule has 0 atom stereocenters. The summed E-state index contributed by atoms with van der Waals surface area (Å²) in [4.78, 5) is 6.48. The van der Waals surface area contributed by atoms with Gasteiger partial charge in [-0.05, 0) is 32.1 Å². The number of aryl methyl sites for hydroxylation is 1. The van der Waals surface area contributed by atoms with Crippen molar-refractivity contribution in [2.45, 2.75) is 26.1 Å². The van der Waals surface area contributed by atoms with Crippen LogP contribution in [0, 0.1) is 30.7 Å². The molecule has 0 aliphatic rings. The monoisotopic (exact) mass is 347 g/mol. The van der Waals surface area contributed by atoms with Crippen molar-refractivity contribution in [3.63, 3.8) is 0 Å². The Morgan fingerprint density at radius 3 is 3.00 bits per heavy atom. The zero-order chi connectivity index (χ0) is 17.8. The highest BCUT2D eigenvalue weighted by molar-refractivity contribution is 7.98. The Hall–Kier alpha value is -2.09. The Kier molecular flexibility index (Phi) is 9.52. The molecule has 1 heterocycles. The lowest BCUT2D eigenvalue weighted by molar-refractivity contribution is 0.305. The van der Waals surface area contributed by atoms with Crippen molar-refractivity contribution in [1.82, 2.24) is 15.5 Å². The first-order valence-corrected chi connectivity index (χ1v) is 8.97. The van der Waals surface area contributed by atoms with Crippen LogP contribution in [0.2, 0.25) is 0 Å². The summed E-state index contributed by atoms with van der Waals surface area (Å²) in [5, 5.41) is 14.0. The van der Waals surface area contributed by atoms with E-state index in [0.717, 1.165) is 36.1 Å². The fourth-order valence-electron chi connectivity index (χ4n) is 1.90. The summed E-state index contributed by atoms with van der Waals surface area (Å²) in [7, 11) is 2.07. The van der Waals surface area contributed by atoms with Crippen LogP contribution < -0.4 is 10.6 Å². The Morgan fingerprint density at radius 2 is 2.33 bits per heavy atom. The molecule has 130 valence electrons. The third-order valence-electron chi connectivity index (χ3n) is 3.31. The first-order chi connectivity index (χ1) is 11.6. The fourth-order valence-corrected chi connectivity index (χ4v) is 2.74. The summed E-state index contributed by atoms with van der Waals surface area (Å²) >= 11 is 1.75. The number of nitrogens with zero attached hydrogens (tertiary/aromatic N) is 3. The lowest BCUT2D eigenvalue weighted by Gasteiger charge is -2.10. The third-order valence-corrected chi connectivity index (χ3v) is 4.25. The average molecular weight is 347 g/mol. The molecule has 1 rings (SSSR count). The summed E-state index contributed by atoms with van der Waals surface area (Å²) in [5.74, 6) is 6.53. The highest BCUT2D eigenvalue weighted by Crippen LogP contribution is 2.21. The van der Waals surface area contributed by atoms with Crippen LogP contribution in [0.3, 0.4) is 0 Å². The molecular weight excluding hydrogens is 322 g/mol. The van der Waals surface area contributed by atoms with E-state index in [0.29, 0.717) is 19.0 Å². The molecule has 0 aliphatic heterocycles. The SMILES string of the molecule is C#CCNC(=NCCSCc1oc(CN(C)CC)cc1C)NC#N. The Labute approximate surface area is 148 Å². The van der Waals surface area contributed by atoms with Crippen molar-refractivity contribution >= 4 is 17.7 Å². The van der Waals surface area contributed by atoms with E-state index in [2.05, 4.69) is 53.4 Å². The van der Waals surface area contributed by atoms with Gasteiger partial charge in [0.25, 0.3) is 0 Å². The number of nitrogens with one attached hydrogen (secondary N) is 2. The van der Waals surface area contributed by atoms with Crippen LogP contribution in [0.25, 0.3) is 0 Å². The quantitative estimate of drug-likeness (QED) is 0.177. The highest BCUT2D eigenvalue weighted by atomic mass is 32.2. The number of terminal acetylenes is 1. The van der Waals surface area contributed by atoms with Crippen molar-refractivity contribution in [2.24, 2.45) is 4.99 Å². The van der Waals surface area contributed by atoms with Gasteiger partial charge >= 0.3 is 0 Å². The Bertz CT molecular complexity index is 611. The normalized spacial score (nSPS) is 11.2. The predicted octanol–water partition coefficient (Wildman–Crippen LogP) is 1.92. The van der Waals surface area contributed by atoms with Crippen LogP contribution in [0.15, 0.2) is 15.5 Å². The second kappa shape index (κ2) is 11.4. The third kappa shape index (κ3) is 7.45. The first kappa shape index (κ1) is 20.0.